The van der Waals surface area contributed by atoms with Gasteiger partial charge in [-0.2, -0.15) is 0 Å². The van der Waals surface area contributed by atoms with Crippen molar-refractivity contribution in [3.8, 4) is 100 Å². The smallest absolute Gasteiger partial charge is 0.143 e. The first-order valence-corrected chi connectivity index (χ1v) is 39.7. The summed E-state index contributed by atoms with van der Waals surface area (Å²) in [6, 6.07) is 159. The highest BCUT2D eigenvalue weighted by molar-refractivity contribution is 6.21. The molecule has 0 unspecified atom stereocenters. The molecule has 0 aliphatic rings. The second-order valence-electron chi connectivity index (χ2n) is 30.2. The molecular formula is C112H72N2O2. The van der Waals surface area contributed by atoms with E-state index in [-0.39, 0.29) is 0 Å². The lowest BCUT2D eigenvalue weighted by atomic mass is 9.95. The number of para-hydroxylation sites is 3. The maximum absolute atomic E-state index is 7.06. The van der Waals surface area contributed by atoms with Gasteiger partial charge in [0.1, 0.15) is 22.3 Å². The third-order valence-corrected chi connectivity index (χ3v) is 23.5. The molecule has 2 heterocycles. The van der Waals surface area contributed by atoms with Crippen LogP contribution in [0.15, 0.2) is 446 Å². The number of hydrogen-bond acceptors (Lipinski definition) is 4. The molecule has 20 aromatic carbocycles. The predicted octanol–water partition coefficient (Wildman–Crippen LogP) is 32.0. The van der Waals surface area contributed by atoms with Crippen molar-refractivity contribution in [2.24, 2.45) is 0 Å². The number of furan rings is 2. The number of benzene rings is 20. The molecule has 542 valence electrons. The van der Waals surface area contributed by atoms with E-state index in [1.807, 2.05) is 0 Å². The van der Waals surface area contributed by atoms with Gasteiger partial charge in [0.15, 0.2) is 0 Å². The summed E-state index contributed by atoms with van der Waals surface area (Å²) in [6.07, 6.45) is 0. The second kappa shape index (κ2) is 28.4. The van der Waals surface area contributed by atoms with Crippen molar-refractivity contribution in [1.29, 1.82) is 0 Å². The van der Waals surface area contributed by atoms with Crippen molar-refractivity contribution in [3.63, 3.8) is 0 Å². The molecule has 0 aliphatic heterocycles. The van der Waals surface area contributed by atoms with Crippen molar-refractivity contribution < 1.29 is 8.83 Å². The van der Waals surface area contributed by atoms with Crippen molar-refractivity contribution in [3.05, 3.63) is 437 Å². The Balaban J connectivity index is 0.583. The molecule has 116 heavy (non-hydrogen) atoms. The van der Waals surface area contributed by atoms with Gasteiger partial charge in [0.25, 0.3) is 0 Å². The maximum Gasteiger partial charge on any atom is 0.143 e. The third-order valence-electron chi connectivity index (χ3n) is 23.5. The normalized spacial score (nSPS) is 11.6. The fourth-order valence-corrected chi connectivity index (χ4v) is 17.8. The fourth-order valence-electron chi connectivity index (χ4n) is 17.8. The average molecular weight is 1480 g/mol. The summed E-state index contributed by atoms with van der Waals surface area (Å²) in [5.41, 5.74) is 30.3. The first-order chi connectivity index (χ1) is 57.5. The van der Waals surface area contributed by atoms with E-state index >= 15 is 0 Å². The summed E-state index contributed by atoms with van der Waals surface area (Å²) in [6.45, 7) is 0. The molecule has 0 atom stereocenters. The SMILES string of the molecule is c1ccc(-c2ccc(-c3ccccc3N(c3cccc(-c4cccc5oc6c7cc(-c8ccc(-c9ccc(-c%10ccccc%10N(c%10ccc(-c%11ccc%12c(ccc%13ccccc%13%12)c%11)cc%10)c%10cccc(-c%11cccc%12oc%13c%14ccccc%14ccc%13c%11%12)c%10)cc9)cc8)ccc7ccc6c45)c3)c3ccccc3-c3ccccc3)cc2)cc1. The lowest BCUT2D eigenvalue weighted by Crippen LogP contribution is -2.12. The van der Waals surface area contributed by atoms with Crippen LogP contribution in [0.25, 0.3) is 187 Å². The quantitative estimate of drug-likeness (QED) is 0.0958. The van der Waals surface area contributed by atoms with Gasteiger partial charge in [-0.1, -0.05) is 346 Å². The summed E-state index contributed by atoms with van der Waals surface area (Å²) in [5, 5.41) is 13.8. The van der Waals surface area contributed by atoms with Crippen molar-refractivity contribution >= 4 is 121 Å². The van der Waals surface area contributed by atoms with Gasteiger partial charge < -0.3 is 18.6 Å². The van der Waals surface area contributed by atoms with Crippen LogP contribution in [0, 0.1) is 0 Å². The largest absolute Gasteiger partial charge is 0.455 e. The summed E-state index contributed by atoms with van der Waals surface area (Å²) in [5.74, 6) is 0. The number of rotatable bonds is 15. The molecule has 0 amide bonds. The molecule has 0 spiro atoms. The molecular weight excluding hydrogens is 1410 g/mol. The highest BCUT2D eigenvalue weighted by atomic mass is 16.3. The van der Waals surface area contributed by atoms with E-state index in [0.29, 0.717) is 0 Å². The molecule has 4 nitrogen and oxygen atoms in total. The molecule has 4 heteroatoms. The van der Waals surface area contributed by atoms with Gasteiger partial charge in [-0.25, -0.2) is 0 Å². The van der Waals surface area contributed by atoms with E-state index in [2.05, 4.69) is 447 Å². The molecule has 22 aromatic rings. The van der Waals surface area contributed by atoms with Crippen LogP contribution in [-0.4, -0.2) is 0 Å². The van der Waals surface area contributed by atoms with Crippen molar-refractivity contribution in [2.75, 3.05) is 9.80 Å². The van der Waals surface area contributed by atoms with Crippen LogP contribution in [0.2, 0.25) is 0 Å². The van der Waals surface area contributed by atoms with Gasteiger partial charge in [-0.15, -0.1) is 0 Å². The van der Waals surface area contributed by atoms with Crippen LogP contribution in [-0.2, 0) is 0 Å². The lowest BCUT2D eigenvalue weighted by molar-refractivity contribution is 0.672. The molecule has 0 N–H and O–H groups in total. The Morgan fingerprint density at radius 1 is 0.155 bits per heavy atom. The molecule has 22 rings (SSSR count). The van der Waals surface area contributed by atoms with Crippen LogP contribution >= 0.6 is 0 Å². The Labute approximate surface area is 672 Å². The molecule has 2 aromatic heterocycles. The summed E-state index contributed by atoms with van der Waals surface area (Å²) in [4.78, 5) is 4.86. The standard InChI is InChI=1S/C112H72N2O2/c1-3-21-73(22-4-1)74-47-51-83(52-48-74)97-34-13-16-40-106(97)114(105-39-15-12-32-95(105)79-23-5-2-6-24-79)92-30-18-28-88(71-92)99-37-20-42-108-110(99)102-68-62-84-55-57-86(72-103(84)112(102)116-108)77-45-43-75(44-46-77)76-49-53-82(54-50-76)96-33-11-14-38-104(96)113(90-64-59-78(60-65-90)85-63-66-94-89(69-85)58-56-80-25-7-9-31-93(80)94)91-29-17-27-87(70-91)98-36-19-41-107-109(98)101-67-61-81-26-8-10-35-100(81)111(101)115-107/h1-72H. The average Bonchev–Trinajstić information content (AvgIpc) is 1.56. The van der Waals surface area contributed by atoms with Gasteiger partial charge in [0.2, 0.25) is 0 Å². The van der Waals surface area contributed by atoms with Crippen molar-refractivity contribution in [2.45, 2.75) is 0 Å². The Morgan fingerprint density at radius 3 is 1.04 bits per heavy atom. The second-order valence-corrected chi connectivity index (χ2v) is 30.2. The van der Waals surface area contributed by atoms with Crippen molar-refractivity contribution in [1.82, 2.24) is 0 Å². The van der Waals surface area contributed by atoms with E-state index in [1.165, 1.54) is 38.2 Å². The molecule has 0 bridgehead atoms. The number of fused-ring (bicyclic) bond motifs is 13. The van der Waals surface area contributed by atoms with E-state index in [0.717, 1.165) is 183 Å². The van der Waals surface area contributed by atoms with Gasteiger partial charge in [0, 0.05) is 66.1 Å². The van der Waals surface area contributed by atoms with E-state index in [9.17, 15) is 0 Å². The summed E-state index contributed by atoms with van der Waals surface area (Å²) < 4.78 is 13.8. The minimum atomic E-state index is 0.845. The van der Waals surface area contributed by atoms with Gasteiger partial charge in [-0.3, -0.25) is 0 Å². The first-order valence-electron chi connectivity index (χ1n) is 39.7. The van der Waals surface area contributed by atoms with E-state index in [1.54, 1.807) is 0 Å². The minimum absolute atomic E-state index is 0.845. The predicted molar refractivity (Wildman–Crippen MR) is 489 cm³/mol. The Kier molecular flexibility index (Phi) is 16.6. The number of nitrogens with zero attached hydrogens (tertiary/aromatic N) is 2. The Hall–Kier alpha value is -15.4. The van der Waals surface area contributed by atoms with Crippen LogP contribution < -0.4 is 9.80 Å². The molecule has 0 aliphatic carbocycles. The molecule has 0 saturated heterocycles. The number of hydrogen-bond donors (Lipinski definition) is 0. The Bertz CT molecular complexity index is 7550. The lowest BCUT2D eigenvalue weighted by Gasteiger charge is -2.30. The van der Waals surface area contributed by atoms with Gasteiger partial charge >= 0.3 is 0 Å². The van der Waals surface area contributed by atoms with Gasteiger partial charge in [0.05, 0.1) is 17.1 Å². The van der Waals surface area contributed by atoms with E-state index < -0.39 is 0 Å². The fraction of sp³-hybridized carbons (Fsp3) is 0. The number of anilines is 6. The van der Waals surface area contributed by atoms with Crippen LogP contribution in [0.3, 0.4) is 0 Å². The summed E-state index contributed by atoms with van der Waals surface area (Å²) >= 11 is 0. The zero-order valence-electron chi connectivity index (χ0n) is 63.3. The topological polar surface area (TPSA) is 32.8 Å². The Morgan fingerprint density at radius 2 is 0.483 bits per heavy atom. The molecule has 0 radical (unpaired) electrons. The third kappa shape index (κ3) is 11.9. The van der Waals surface area contributed by atoms with Crippen LogP contribution in [0.1, 0.15) is 0 Å². The summed E-state index contributed by atoms with van der Waals surface area (Å²) in [7, 11) is 0. The maximum atomic E-state index is 7.06. The van der Waals surface area contributed by atoms with E-state index in [4.69, 9.17) is 8.83 Å². The molecule has 0 saturated carbocycles. The zero-order valence-corrected chi connectivity index (χ0v) is 63.3. The van der Waals surface area contributed by atoms with Crippen LogP contribution in [0.4, 0.5) is 34.1 Å². The first kappa shape index (κ1) is 67.5. The highest BCUT2D eigenvalue weighted by Gasteiger charge is 2.25. The minimum Gasteiger partial charge on any atom is -0.455 e. The zero-order chi connectivity index (χ0) is 76.6. The molecule has 0 fully saturated rings. The van der Waals surface area contributed by atoms with Gasteiger partial charge in [-0.05, 0) is 207 Å². The highest BCUT2D eigenvalue weighted by Crippen LogP contribution is 2.50. The monoisotopic (exact) mass is 1480 g/mol. The van der Waals surface area contributed by atoms with Crippen LogP contribution in [0.5, 0.6) is 0 Å².